The van der Waals surface area contributed by atoms with Gasteiger partial charge in [-0.3, -0.25) is 0 Å². The number of ether oxygens (including phenoxy) is 2. The van der Waals surface area contributed by atoms with E-state index in [9.17, 15) is 5.11 Å². The van der Waals surface area contributed by atoms with Crippen molar-refractivity contribution in [1.29, 1.82) is 0 Å². The second-order valence-electron chi connectivity index (χ2n) is 5.72. The summed E-state index contributed by atoms with van der Waals surface area (Å²) in [6, 6.07) is 7.78. The summed E-state index contributed by atoms with van der Waals surface area (Å²) in [7, 11) is 1.65. The highest BCUT2D eigenvalue weighted by molar-refractivity contribution is 5.37. The Kier molecular flexibility index (Phi) is 6.49. The first-order chi connectivity index (χ1) is 10.3. The lowest BCUT2D eigenvalue weighted by atomic mass is 9.89. The maximum Gasteiger partial charge on any atom is 0.122 e. The summed E-state index contributed by atoms with van der Waals surface area (Å²) in [6.07, 6.45) is 4.94. The van der Waals surface area contributed by atoms with Crippen LogP contribution in [0.1, 0.15) is 43.6 Å². The van der Waals surface area contributed by atoms with E-state index in [0.717, 1.165) is 37.2 Å². The van der Waals surface area contributed by atoms with Crippen LogP contribution in [0.4, 0.5) is 0 Å². The molecule has 3 atom stereocenters. The zero-order valence-electron chi connectivity index (χ0n) is 12.8. The van der Waals surface area contributed by atoms with Gasteiger partial charge in [-0.2, -0.15) is 0 Å². The van der Waals surface area contributed by atoms with Crippen molar-refractivity contribution in [2.45, 2.75) is 50.2 Å². The van der Waals surface area contributed by atoms with E-state index < -0.39 is 6.10 Å². The Balaban J connectivity index is 1.95. The van der Waals surface area contributed by atoms with Crippen molar-refractivity contribution in [3.05, 3.63) is 29.8 Å². The highest BCUT2D eigenvalue weighted by atomic mass is 16.5. The molecule has 1 aromatic rings. The molecule has 1 aliphatic rings. The van der Waals surface area contributed by atoms with Gasteiger partial charge in [0, 0.05) is 24.6 Å². The standard InChI is InChI=1S/C17H27NO3/c1-20-17-8-3-2-7-14(17)15(12-18)16(19)10-9-13-6-4-5-11-21-13/h2-3,7-8,13,15-16,19H,4-6,9-12,18H2,1H3. The molecule has 0 aromatic heterocycles. The molecule has 4 heteroatoms. The van der Waals surface area contributed by atoms with Crippen LogP contribution in [0.3, 0.4) is 0 Å². The molecule has 118 valence electrons. The van der Waals surface area contributed by atoms with Crippen molar-refractivity contribution in [3.8, 4) is 5.75 Å². The lowest BCUT2D eigenvalue weighted by Crippen LogP contribution is -2.28. The van der Waals surface area contributed by atoms with Crippen molar-refractivity contribution in [2.75, 3.05) is 20.3 Å². The zero-order chi connectivity index (χ0) is 15.1. The molecule has 1 heterocycles. The normalized spacial score (nSPS) is 21.8. The van der Waals surface area contributed by atoms with Crippen LogP contribution in [0.2, 0.25) is 0 Å². The predicted molar refractivity (Wildman–Crippen MR) is 83.6 cm³/mol. The summed E-state index contributed by atoms with van der Waals surface area (Å²) in [5.41, 5.74) is 6.88. The number of aliphatic hydroxyl groups excluding tert-OH is 1. The predicted octanol–water partition coefficient (Wildman–Crippen LogP) is 2.45. The molecule has 0 radical (unpaired) electrons. The molecule has 1 fully saturated rings. The van der Waals surface area contributed by atoms with Gasteiger partial charge in [0.05, 0.1) is 19.3 Å². The van der Waals surface area contributed by atoms with Gasteiger partial charge in [-0.1, -0.05) is 18.2 Å². The molecular formula is C17H27NO3. The van der Waals surface area contributed by atoms with Gasteiger partial charge in [0.2, 0.25) is 0 Å². The number of para-hydroxylation sites is 1. The number of hydrogen-bond acceptors (Lipinski definition) is 4. The first kappa shape index (κ1) is 16.3. The van der Waals surface area contributed by atoms with Gasteiger partial charge in [-0.25, -0.2) is 0 Å². The average Bonchev–Trinajstić information content (AvgIpc) is 2.55. The minimum Gasteiger partial charge on any atom is -0.496 e. The topological polar surface area (TPSA) is 64.7 Å². The fraction of sp³-hybridized carbons (Fsp3) is 0.647. The van der Waals surface area contributed by atoms with E-state index in [0.29, 0.717) is 19.1 Å². The molecule has 3 N–H and O–H groups in total. The number of aliphatic hydroxyl groups is 1. The van der Waals surface area contributed by atoms with Gasteiger partial charge >= 0.3 is 0 Å². The maximum absolute atomic E-state index is 10.5. The van der Waals surface area contributed by atoms with Crippen LogP contribution in [0.25, 0.3) is 0 Å². The molecule has 4 nitrogen and oxygen atoms in total. The first-order valence-corrected chi connectivity index (χ1v) is 7.89. The van der Waals surface area contributed by atoms with Gasteiger partial charge < -0.3 is 20.3 Å². The van der Waals surface area contributed by atoms with Crippen LogP contribution in [-0.4, -0.2) is 37.6 Å². The monoisotopic (exact) mass is 293 g/mol. The Morgan fingerprint density at radius 2 is 2.19 bits per heavy atom. The molecule has 2 rings (SSSR count). The zero-order valence-corrected chi connectivity index (χ0v) is 12.8. The third kappa shape index (κ3) is 4.43. The first-order valence-electron chi connectivity index (χ1n) is 7.89. The molecular weight excluding hydrogens is 266 g/mol. The molecule has 0 saturated carbocycles. The summed E-state index contributed by atoms with van der Waals surface area (Å²) in [5.74, 6) is 0.700. The van der Waals surface area contributed by atoms with Crippen LogP contribution >= 0.6 is 0 Å². The Hall–Kier alpha value is -1.10. The number of benzene rings is 1. The fourth-order valence-corrected chi connectivity index (χ4v) is 3.06. The second kappa shape index (κ2) is 8.37. The Bertz CT molecular complexity index is 418. The lowest BCUT2D eigenvalue weighted by molar-refractivity contribution is 0.000382. The van der Waals surface area contributed by atoms with Gasteiger partial charge in [0.15, 0.2) is 0 Å². The van der Waals surface area contributed by atoms with Gasteiger partial charge in [-0.05, 0) is 38.2 Å². The van der Waals surface area contributed by atoms with Crippen molar-refractivity contribution in [1.82, 2.24) is 0 Å². The summed E-state index contributed by atoms with van der Waals surface area (Å²) >= 11 is 0. The maximum atomic E-state index is 10.5. The highest BCUT2D eigenvalue weighted by Gasteiger charge is 2.24. The molecule has 1 saturated heterocycles. The van der Waals surface area contributed by atoms with Crippen molar-refractivity contribution < 1.29 is 14.6 Å². The Labute approximate surface area is 127 Å². The van der Waals surface area contributed by atoms with Crippen LogP contribution in [-0.2, 0) is 4.74 Å². The van der Waals surface area contributed by atoms with Crippen molar-refractivity contribution in [3.63, 3.8) is 0 Å². The SMILES string of the molecule is COc1ccccc1C(CN)C(O)CCC1CCCCO1. The smallest absolute Gasteiger partial charge is 0.122 e. The molecule has 0 bridgehead atoms. The van der Waals surface area contributed by atoms with Crippen LogP contribution < -0.4 is 10.5 Å². The minimum absolute atomic E-state index is 0.0928. The van der Waals surface area contributed by atoms with E-state index >= 15 is 0 Å². The van der Waals surface area contributed by atoms with Gasteiger partial charge in [0.1, 0.15) is 5.75 Å². The van der Waals surface area contributed by atoms with Gasteiger partial charge in [-0.15, -0.1) is 0 Å². The molecule has 1 aromatic carbocycles. The minimum atomic E-state index is -0.461. The Morgan fingerprint density at radius 1 is 1.38 bits per heavy atom. The molecule has 0 aliphatic carbocycles. The highest BCUT2D eigenvalue weighted by Crippen LogP contribution is 2.30. The van der Waals surface area contributed by atoms with E-state index in [1.165, 1.54) is 6.42 Å². The number of hydrogen-bond donors (Lipinski definition) is 2. The fourth-order valence-electron chi connectivity index (χ4n) is 3.06. The van der Waals surface area contributed by atoms with Crippen LogP contribution in [0, 0.1) is 0 Å². The third-order valence-electron chi connectivity index (χ3n) is 4.32. The van der Waals surface area contributed by atoms with Crippen molar-refractivity contribution in [2.24, 2.45) is 5.73 Å². The summed E-state index contributed by atoms with van der Waals surface area (Å²) in [4.78, 5) is 0. The number of nitrogens with two attached hydrogens (primary N) is 1. The van der Waals surface area contributed by atoms with Crippen LogP contribution in [0.15, 0.2) is 24.3 Å². The summed E-state index contributed by atoms with van der Waals surface area (Å²) < 4.78 is 11.1. The van der Waals surface area contributed by atoms with E-state index in [1.807, 2.05) is 24.3 Å². The molecule has 0 spiro atoms. The largest absolute Gasteiger partial charge is 0.496 e. The molecule has 1 aliphatic heterocycles. The average molecular weight is 293 g/mol. The second-order valence-corrected chi connectivity index (χ2v) is 5.72. The quantitative estimate of drug-likeness (QED) is 0.810. The third-order valence-corrected chi connectivity index (χ3v) is 4.32. The van der Waals surface area contributed by atoms with Crippen LogP contribution in [0.5, 0.6) is 5.75 Å². The van der Waals surface area contributed by atoms with E-state index in [4.69, 9.17) is 15.2 Å². The molecule has 3 unspecified atom stereocenters. The van der Waals surface area contributed by atoms with E-state index in [-0.39, 0.29) is 5.92 Å². The lowest BCUT2D eigenvalue weighted by Gasteiger charge is -2.27. The Morgan fingerprint density at radius 3 is 2.86 bits per heavy atom. The number of rotatable bonds is 7. The van der Waals surface area contributed by atoms with E-state index in [2.05, 4.69) is 0 Å². The van der Waals surface area contributed by atoms with E-state index in [1.54, 1.807) is 7.11 Å². The molecule has 21 heavy (non-hydrogen) atoms. The summed E-state index contributed by atoms with van der Waals surface area (Å²) in [6.45, 7) is 1.26. The summed E-state index contributed by atoms with van der Waals surface area (Å²) in [5, 5.41) is 10.5. The van der Waals surface area contributed by atoms with Crippen molar-refractivity contribution >= 4 is 0 Å². The molecule has 0 amide bonds. The van der Waals surface area contributed by atoms with Gasteiger partial charge in [0.25, 0.3) is 0 Å². The number of methoxy groups -OCH3 is 1.